The molecule has 0 saturated heterocycles. The Morgan fingerprint density at radius 3 is 1.23 bits per heavy atom. The van der Waals surface area contributed by atoms with E-state index < -0.39 is 112 Å². The van der Waals surface area contributed by atoms with Crippen molar-refractivity contribution in [1.29, 1.82) is 0 Å². The maximum atomic E-state index is 13.3. The second kappa shape index (κ2) is 29.6. The van der Waals surface area contributed by atoms with Gasteiger partial charge < -0.3 is 44.8 Å². The van der Waals surface area contributed by atoms with Crippen molar-refractivity contribution in [3.63, 3.8) is 0 Å². The largest absolute Gasteiger partial charge is 0.462 e. The van der Waals surface area contributed by atoms with Crippen LogP contribution in [0, 0.1) is 28.1 Å². The molecule has 0 aromatic heterocycles. The molecule has 1 aliphatic carbocycles. The third-order valence-electron chi connectivity index (χ3n) is 15.5. The lowest BCUT2D eigenvalue weighted by Gasteiger charge is -2.47. The third kappa shape index (κ3) is 24.0. The fourth-order valence-electron chi connectivity index (χ4n) is 7.91. The van der Waals surface area contributed by atoms with Crippen molar-refractivity contribution in [2.45, 2.75) is 274 Å². The topological polar surface area (TPSA) is 200 Å². The van der Waals surface area contributed by atoms with Crippen molar-refractivity contribution in [3.8, 4) is 5.75 Å². The minimum absolute atomic E-state index is 0. The molecular formula is C62H101F9O12. The molecule has 12 nitrogen and oxygen atoms in total. The van der Waals surface area contributed by atoms with Gasteiger partial charge in [0, 0.05) is 18.3 Å². The number of hydrogen-bond acceptors (Lipinski definition) is 12. The van der Waals surface area contributed by atoms with E-state index in [0.717, 1.165) is 18.4 Å². The van der Waals surface area contributed by atoms with Gasteiger partial charge in [-0.2, -0.15) is 39.5 Å². The normalized spacial score (nSPS) is 18.4. The summed E-state index contributed by atoms with van der Waals surface area (Å²) < 4.78 is 135. The molecule has 0 amide bonds. The predicted octanol–water partition coefficient (Wildman–Crippen LogP) is 15.0. The fraction of sp³-hybridized carbons (Fsp3) is 0.758. The van der Waals surface area contributed by atoms with E-state index >= 15 is 0 Å². The average molecular weight is 1210 g/mol. The van der Waals surface area contributed by atoms with Crippen molar-refractivity contribution < 1.29 is 98.7 Å². The van der Waals surface area contributed by atoms with E-state index in [-0.39, 0.29) is 38.8 Å². The zero-order valence-electron chi connectivity index (χ0n) is 52.1. The lowest BCUT2D eigenvalue weighted by Crippen LogP contribution is -2.64. The molecule has 2 aromatic carbocycles. The molecule has 1 aliphatic rings. The summed E-state index contributed by atoms with van der Waals surface area (Å²) in [7, 11) is 0. The number of ether oxygens (including phenoxy) is 3. The average Bonchev–Trinajstić information content (AvgIpc) is 3.31. The number of rotatable bonds is 18. The van der Waals surface area contributed by atoms with Gasteiger partial charge >= 0.3 is 36.4 Å². The van der Waals surface area contributed by atoms with Crippen LogP contribution >= 0.6 is 0 Å². The van der Waals surface area contributed by atoms with E-state index in [0.29, 0.717) is 35.6 Å². The molecule has 1 fully saturated rings. The summed E-state index contributed by atoms with van der Waals surface area (Å²) in [4.78, 5) is 36.2. The van der Waals surface area contributed by atoms with E-state index in [1.54, 1.807) is 66.7 Å². The second-order valence-corrected chi connectivity index (χ2v) is 26.2. The first kappa shape index (κ1) is 81.0. The van der Waals surface area contributed by atoms with Crippen LogP contribution in [0.25, 0.3) is 0 Å². The van der Waals surface area contributed by atoms with Crippen LogP contribution in [0.2, 0.25) is 0 Å². The van der Waals surface area contributed by atoms with Crippen LogP contribution in [0.15, 0.2) is 42.5 Å². The summed E-state index contributed by atoms with van der Waals surface area (Å²) >= 11 is 0. The van der Waals surface area contributed by atoms with Crippen LogP contribution in [-0.4, -0.2) is 96.1 Å². The highest BCUT2D eigenvalue weighted by molar-refractivity contribution is 5.78. The molecule has 6 unspecified atom stereocenters. The smallest absolute Gasteiger partial charge is 0.426 e. The number of benzene rings is 2. The van der Waals surface area contributed by atoms with E-state index in [1.807, 2.05) is 74.4 Å². The Balaban J connectivity index is 0. The quantitative estimate of drug-likeness (QED) is 0.0469. The van der Waals surface area contributed by atoms with Crippen LogP contribution in [0.3, 0.4) is 0 Å². The second-order valence-electron chi connectivity index (χ2n) is 26.2. The van der Waals surface area contributed by atoms with Crippen LogP contribution in [-0.2, 0) is 40.7 Å². The lowest BCUT2D eigenvalue weighted by molar-refractivity contribution is -0.391. The molecular weight excluding hydrogens is 1110 g/mol. The van der Waals surface area contributed by atoms with Gasteiger partial charge in [-0.05, 0) is 202 Å². The SMILES string of the molecule is C.CCC(C)(C)C(=O)OC(C)CC(C)(C)O.CCC(C)(C)C(=O)OC1CC(C(C)(O)C(F)(F)F)CC(C(O)(C(F)(F)F)C(F)(F)F)C1.CCC(C)(C)C(=O)Oc1cc(C(C)(C)O)cc(C(C)(C)O)c1.CCC(C)c1ccc(C(C)(C)O)cc1. The van der Waals surface area contributed by atoms with E-state index in [2.05, 4.69) is 26.0 Å². The highest BCUT2D eigenvalue weighted by Gasteiger charge is 2.75. The Morgan fingerprint density at radius 2 is 0.892 bits per heavy atom. The Hall–Kier alpha value is -4.02. The molecule has 3 rings (SSSR count). The molecule has 21 heteroatoms. The molecule has 0 heterocycles. The Bertz CT molecular complexity index is 2280. The zero-order chi connectivity index (χ0) is 65.2. The summed E-state index contributed by atoms with van der Waals surface area (Å²) in [6.07, 6.45) is -20.3. The molecule has 0 aliphatic heterocycles. The van der Waals surface area contributed by atoms with Gasteiger partial charge in [-0.25, -0.2) is 0 Å². The Morgan fingerprint density at radius 1 is 0.518 bits per heavy atom. The van der Waals surface area contributed by atoms with Crippen molar-refractivity contribution >= 4 is 17.9 Å². The first-order chi connectivity index (χ1) is 36.3. The van der Waals surface area contributed by atoms with Crippen molar-refractivity contribution in [3.05, 3.63) is 64.7 Å². The van der Waals surface area contributed by atoms with Gasteiger partial charge in [0.1, 0.15) is 18.0 Å². The third-order valence-corrected chi connectivity index (χ3v) is 15.5. The number of halogens is 9. The molecule has 0 radical (unpaired) electrons. The number of hydrogen-bond donors (Lipinski definition) is 6. The molecule has 2 aromatic rings. The van der Waals surface area contributed by atoms with Gasteiger partial charge in [-0.1, -0.05) is 66.3 Å². The number of esters is 3. The van der Waals surface area contributed by atoms with Gasteiger partial charge in [0.15, 0.2) is 5.60 Å². The standard InChI is InChI=1S/C18H25F9O4.C18H28O4.C13H20O.C12H24O3.CH4/c1-5-13(2,3)12(28)31-11-7-9(14(4,29)16(19,20)21)6-10(8-11)15(30,17(22,23)24)18(25,26)27;1-8-16(2,3)15(19)22-14-10-12(17(4,5)20)9-13(11-14)18(6,7)21;1-5-10(2)11-6-8-12(9-7-11)13(3,4)14;1-7-11(3,4)10(13)15-9(2)8-12(5,6)14;/h9-11,29-30H,5-8H2,1-4H3;9-11,20-21H,8H2,1-7H3;6-10,14H,5H2,1-4H3;9,14H,7-8H2,1-6H3;1H4. The first-order valence-corrected chi connectivity index (χ1v) is 27.8. The highest BCUT2D eigenvalue weighted by atomic mass is 19.4. The van der Waals surface area contributed by atoms with Crippen LogP contribution in [0.1, 0.15) is 232 Å². The van der Waals surface area contributed by atoms with E-state index in [4.69, 9.17) is 14.2 Å². The van der Waals surface area contributed by atoms with E-state index in [1.165, 1.54) is 19.4 Å². The minimum atomic E-state index is -6.28. The van der Waals surface area contributed by atoms with Crippen molar-refractivity contribution in [1.82, 2.24) is 0 Å². The van der Waals surface area contributed by atoms with Gasteiger partial charge in [0.25, 0.3) is 5.60 Å². The molecule has 0 bridgehead atoms. The van der Waals surface area contributed by atoms with Crippen LogP contribution < -0.4 is 4.74 Å². The summed E-state index contributed by atoms with van der Waals surface area (Å²) in [5, 5.41) is 59.4. The summed E-state index contributed by atoms with van der Waals surface area (Å²) in [5.41, 5.74) is -11.5. The Kier molecular flexibility index (Phi) is 28.9. The predicted molar refractivity (Wildman–Crippen MR) is 303 cm³/mol. The molecule has 0 spiro atoms. The monoisotopic (exact) mass is 1210 g/mol. The van der Waals surface area contributed by atoms with Gasteiger partial charge in [-0.3, -0.25) is 14.4 Å². The molecule has 484 valence electrons. The summed E-state index contributed by atoms with van der Waals surface area (Å²) in [6, 6.07) is 13.3. The zero-order valence-corrected chi connectivity index (χ0v) is 52.1. The summed E-state index contributed by atoms with van der Waals surface area (Å²) in [5.74, 6) is -5.67. The molecule has 1 saturated carbocycles. The number of carbonyl (C=O) groups excluding carboxylic acids is 3. The maximum Gasteiger partial charge on any atom is 0.426 e. The minimum Gasteiger partial charge on any atom is -0.462 e. The number of alkyl halides is 9. The van der Waals surface area contributed by atoms with Crippen LogP contribution in [0.4, 0.5) is 39.5 Å². The van der Waals surface area contributed by atoms with Gasteiger partial charge in [-0.15, -0.1) is 0 Å². The van der Waals surface area contributed by atoms with Gasteiger partial charge in [0.2, 0.25) is 0 Å². The lowest BCUT2D eigenvalue weighted by atomic mass is 9.66. The van der Waals surface area contributed by atoms with Crippen molar-refractivity contribution in [2.75, 3.05) is 0 Å². The maximum absolute atomic E-state index is 13.3. The van der Waals surface area contributed by atoms with Gasteiger partial charge in [0.05, 0.1) is 38.6 Å². The highest BCUT2D eigenvalue weighted by Crippen LogP contribution is 2.55. The molecule has 6 atom stereocenters. The first-order valence-electron chi connectivity index (χ1n) is 27.8. The Labute approximate surface area is 488 Å². The summed E-state index contributed by atoms with van der Waals surface area (Å²) in [6.45, 7) is 35.7. The fourth-order valence-corrected chi connectivity index (χ4v) is 7.91. The van der Waals surface area contributed by atoms with Crippen LogP contribution in [0.5, 0.6) is 5.75 Å². The number of carbonyl (C=O) groups is 3. The molecule has 83 heavy (non-hydrogen) atoms. The van der Waals surface area contributed by atoms with E-state index in [9.17, 15) is 84.5 Å². The number of aliphatic hydroxyl groups is 6. The van der Waals surface area contributed by atoms with Crippen molar-refractivity contribution in [2.24, 2.45) is 28.1 Å². The molecule has 6 N–H and O–H groups in total.